The van der Waals surface area contributed by atoms with Gasteiger partial charge in [-0.15, -0.1) is 0 Å². The quantitative estimate of drug-likeness (QED) is 0.521. The summed E-state index contributed by atoms with van der Waals surface area (Å²) in [7, 11) is 0. The summed E-state index contributed by atoms with van der Waals surface area (Å²) in [5, 5.41) is 2.97. The highest BCUT2D eigenvalue weighted by Gasteiger charge is 2.31. The molecule has 3 aromatic rings. The zero-order valence-corrected chi connectivity index (χ0v) is 18.5. The van der Waals surface area contributed by atoms with Crippen molar-refractivity contribution in [1.82, 2.24) is 5.32 Å². The molecule has 31 heavy (non-hydrogen) atoms. The number of ether oxygens (including phenoxy) is 1. The lowest BCUT2D eigenvalue weighted by Gasteiger charge is -2.30. The molecule has 0 aliphatic carbocycles. The first-order valence-corrected chi connectivity index (χ1v) is 10.7. The van der Waals surface area contributed by atoms with Crippen molar-refractivity contribution in [3.63, 3.8) is 0 Å². The summed E-state index contributed by atoms with van der Waals surface area (Å²) >= 11 is 3.44. The Kier molecular flexibility index (Phi) is 6.18. The molecule has 1 atom stereocenters. The van der Waals surface area contributed by atoms with Gasteiger partial charge in [0.25, 0.3) is 5.91 Å². The number of carbonyl (C=O) groups is 2. The van der Waals surface area contributed by atoms with Crippen molar-refractivity contribution in [1.29, 1.82) is 0 Å². The number of hydrogen-bond donors (Lipinski definition) is 1. The van der Waals surface area contributed by atoms with Gasteiger partial charge in [0, 0.05) is 4.47 Å². The molecule has 0 spiro atoms. The Morgan fingerprint density at radius 3 is 2.58 bits per heavy atom. The molecule has 0 fully saturated rings. The zero-order chi connectivity index (χ0) is 21.8. The highest BCUT2D eigenvalue weighted by atomic mass is 79.9. The lowest BCUT2D eigenvalue weighted by Crippen LogP contribution is -2.44. The molecule has 1 aliphatic rings. The van der Waals surface area contributed by atoms with Gasteiger partial charge in [-0.3, -0.25) is 14.5 Å². The molecule has 1 N–H and O–H groups in total. The number of rotatable bonds is 5. The Labute approximate surface area is 189 Å². The maximum Gasteiger partial charge on any atom is 0.294 e. The van der Waals surface area contributed by atoms with Gasteiger partial charge in [0.1, 0.15) is 6.54 Å². The monoisotopic (exact) mass is 476 g/mol. The van der Waals surface area contributed by atoms with Crippen molar-refractivity contribution in [2.75, 3.05) is 11.4 Å². The van der Waals surface area contributed by atoms with Gasteiger partial charge in [0.15, 0.2) is 11.5 Å². The SMILES string of the molecule is C[C@H](NC(=O)CN1C(=O)/C(=C\c2cccc(Br)c2)Oc2ccccc21)c1ccccc1. The summed E-state index contributed by atoms with van der Waals surface area (Å²) in [6.07, 6.45) is 1.68. The highest BCUT2D eigenvalue weighted by Crippen LogP contribution is 2.35. The van der Waals surface area contributed by atoms with Crippen LogP contribution in [0.3, 0.4) is 0 Å². The Balaban J connectivity index is 1.58. The summed E-state index contributed by atoms with van der Waals surface area (Å²) in [5.41, 5.74) is 2.39. The molecular formula is C25H21BrN2O3. The van der Waals surface area contributed by atoms with Gasteiger partial charge in [-0.25, -0.2) is 0 Å². The van der Waals surface area contributed by atoms with E-state index in [1.165, 1.54) is 4.90 Å². The van der Waals surface area contributed by atoms with Gasteiger partial charge in [0.05, 0.1) is 11.7 Å². The number of carbonyl (C=O) groups excluding carboxylic acids is 2. The van der Waals surface area contributed by atoms with E-state index in [2.05, 4.69) is 21.2 Å². The zero-order valence-electron chi connectivity index (χ0n) is 16.9. The average molecular weight is 477 g/mol. The van der Waals surface area contributed by atoms with Crippen molar-refractivity contribution in [3.8, 4) is 5.75 Å². The molecule has 5 nitrogen and oxygen atoms in total. The first kappa shape index (κ1) is 20.9. The van der Waals surface area contributed by atoms with Gasteiger partial charge in [-0.1, -0.05) is 70.5 Å². The van der Waals surface area contributed by atoms with Crippen molar-refractivity contribution in [2.24, 2.45) is 0 Å². The number of fused-ring (bicyclic) bond motifs is 1. The first-order valence-electron chi connectivity index (χ1n) is 9.91. The van der Waals surface area contributed by atoms with Crippen molar-refractivity contribution < 1.29 is 14.3 Å². The molecule has 0 bridgehead atoms. The van der Waals surface area contributed by atoms with Gasteiger partial charge >= 0.3 is 0 Å². The summed E-state index contributed by atoms with van der Waals surface area (Å²) < 4.78 is 6.77. The van der Waals surface area contributed by atoms with Crippen LogP contribution in [-0.2, 0) is 9.59 Å². The molecule has 156 valence electrons. The fourth-order valence-corrected chi connectivity index (χ4v) is 3.84. The van der Waals surface area contributed by atoms with E-state index in [1.807, 2.05) is 73.7 Å². The van der Waals surface area contributed by atoms with Crippen LogP contribution in [0.15, 0.2) is 89.1 Å². The van der Waals surface area contributed by atoms with Gasteiger partial charge < -0.3 is 10.1 Å². The molecule has 0 saturated heterocycles. The van der Waals surface area contributed by atoms with Crippen molar-refractivity contribution in [2.45, 2.75) is 13.0 Å². The number of nitrogens with zero attached hydrogens (tertiary/aromatic N) is 1. The van der Waals surface area contributed by atoms with E-state index in [0.29, 0.717) is 11.4 Å². The fourth-order valence-electron chi connectivity index (χ4n) is 3.42. The molecular weight excluding hydrogens is 456 g/mol. The molecule has 0 radical (unpaired) electrons. The van der Waals surface area contributed by atoms with Crippen LogP contribution in [0, 0.1) is 0 Å². The first-order chi connectivity index (χ1) is 15.0. The smallest absolute Gasteiger partial charge is 0.294 e. The van der Waals surface area contributed by atoms with Crippen LogP contribution in [0.4, 0.5) is 5.69 Å². The summed E-state index contributed by atoms with van der Waals surface area (Å²) in [5.74, 6) is 0.0948. The maximum absolute atomic E-state index is 13.2. The topological polar surface area (TPSA) is 58.6 Å². The average Bonchev–Trinajstić information content (AvgIpc) is 2.77. The van der Waals surface area contributed by atoms with E-state index < -0.39 is 0 Å². The lowest BCUT2D eigenvalue weighted by atomic mass is 10.1. The van der Waals surface area contributed by atoms with Crippen molar-refractivity contribution in [3.05, 3.63) is 100 Å². The van der Waals surface area contributed by atoms with E-state index >= 15 is 0 Å². The summed E-state index contributed by atoms with van der Waals surface area (Å²) in [6.45, 7) is 1.81. The number of benzene rings is 3. The van der Waals surface area contributed by atoms with Crippen LogP contribution in [0.25, 0.3) is 6.08 Å². The normalized spacial score (nSPS) is 15.2. The third-order valence-electron chi connectivity index (χ3n) is 4.96. The van der Waals surface area contributed by atoms with Crippen LogP contribution < -0.4 is 15.0 Å². The standard InChI is InChI=1S/C25H21BrN2O3/c1-17(19-9-3-2-4-10-19)27-24(29)16-28-21-12-5-6-13-22(21)31-23(25(28)30)15-18-8-7-11-20(26)14-18/h2-15,17H,16H2,1H3,(H,27,29)/b23-15+/t17-/m0/s1. The molecule has 0 aromatic heterocycles. The van der Waals surface area contributed by atoms with Gasteiger partial charge in [-0.05, 0) is 48.4 Å². The van der Waals surface area contributed by atoms with E-state index in [4.69, 9.17) is 4.74 Å². The molecule has 6 heteroatoms. The van der Waals surface area contributed by atoms with Crippen LogP contribution in [0.2, 0.25) is 0 Å². The molecule has 1 aliphatic heterocycles. The molecule has 4 rings (SSSR count). The maximum atomic E-state index is 13.2. The lowest BCUT2D eigenvalue weighted by molar-refractivity contribution is -0.123. The van der Waals surface area contributed by atoms with E-state index in [-0.39, 0.29) is 30.2 Å². The second-order valence-corrected chi connectivity index (χ2v) is 8.14. The third kappa shape index (κ3) is 4.86. The van der Waals surface area contributed by atoms with Crippen molar-refractivity contribution >= 4 is 39.5 Å². The third-order valence-corrected chi connectivity index (χ3v) is 5.45. The molecule has 1 heterocycles. The molecule has 0 unspecified atom stereocenters. The second kappa shape index (κ2) is 9.18. The fraction of sp³-hybridized carbons (Fsp3) is 0.120. The largest absolute Gasteiger partial charge is 0.449 e. The van der Waals surface area contributed by atoms with E-state index in [9.17, 15) is 9.59 Å². The Hall–Kier alpha value is -3.38. The highest BCUT2D eigenvalue weighted by molar-refractivity contribution is 9.10. The minimum Gasteiger partial charge on any atom is -0.449 e. The van der Waals surface area contributed by atoms with Crippen LogP contribution >= 0.6 is 15.9 Å². The number of halogens is 1. The van der Waals surface area contributed by atoms with E-state index in [1.54, 1.807) is 18.2 Å². The van der Waals surface area contributed by atoms with Crippen LogP contribution in [0.5, 0.6) is 5.75 Å². The number of hydrogen-bond acceptors (Lipinski definition) is 3. The minimum atomic E-state index is -0.360. The summed E-state index contributed by atoms with van der Waals surface area (Å²) in [4.78, 5) is 27.5. The number of nitrogens with one attached hydrogen (secondary N) is 1. The van der Waals surface area contributed by atoms with Crippen LogP contribution in [-0.4, -0.2) is 18.4 Å². The second-order valence-electron chi connectivity index (χ2n) is 7.22. The molecule has 0 saturated carbocycles. The Morgan fingerprint density at radius 2 is 1.81 bits per heavy atom. The van der Waals surface area contributed by atoms with E-state index in [0.717, 1.165) is 15.6 Å². The minimum absolute atomic E-state index is 0.105. The molecule has 3 aromatic carbocycles. The number of para-hydroxylation sites is 2. The van der Waals surface area contributed by atoms with Crippen LogP contribution in [0.1, 0.15) is 24.1 Å². The summed E-state index contributed by atoms with van der Waals surface area (Å²) in [6, 6.07) is 24.3. The van der Waals surface area contributed by atoms with Gasteiger partial charge in [0.2, 0.25) is 5.91 Å². The Morgan fingerprint density at radius 1 is 1.06 bits per heavy atom. The molecule has 2 amide bonds. The van der Waals surface area contributed by atoms with Gasteiger partial charge in [-0.2, -0.15) is 0 Å². The Bertz CT molecular complexity index is 1140. The number of amides is 2. The number of anilines is 1. The predicted molar refractivity (Wildman–Crippen MR) is 125 cm³/mol. The predicted octanol–water partition coefficient (Wildman–Crippen LogP) is 5.09.